The van der Waals surface area contributed by atoms with Crippen molar-refractivity contribution >= 4 is 34.9 Å². The van der Waals surface area contributed by atoms with Crippen molar-refractivity contribution in [1.29, 1.82) is 0 Å². The monoisotopic (exact) mass is 840 g/mol. The van der Waals surface area contributed by atoms with Crippen LogP contribution in [0.1, 0.15) is 105 Å². The fraction of sp³-hybridized carbons (Fsp3) is 0.468. The molecule has 7 rings (SSSR count). The van der Waals surface area contributed by atoms with Crippen LogP contribution in [0.2, 0.25) is 0 Å². The molecule has 0 saturated carbocycles. The fourth-order valence-electron chi connectivity index (χ4n) is 8.76. The maximum absolute atomic E-state index is 14.8. The van der Waals surface area contributed by atoms with Gasteiger partial charge in [-0.15, -0.1) is 0 Å². The Bertz CT molecular complexity index is 2290. The molecule has 5 aliphatic rings. The summed E-state index contributed by atoms with van der Waals surface area (Å²) in [5, 5.41) is 17.2. The van der Waals surface area contributed by atoms with E-state index in [9.17, 15) is 29.1 Å². The molecule has 2 aromatic carbocycles. The molecule has 1 fully saturated rings. The van der Waals surface area contributed by atoms with Gasteiger partial charge < -0.3 is 44.2 Å². The van der Waals surface area contributed by atoms with E-state index >= 15 is 0 Å². The molecule has 0 spiro atoms. The second kappa shape index (κ2) is 17.1. The first-order valence-corrected chi connectivity index (χ1v) is 20.5. The van der Waals surface area contributed by atoms with Gasteiger partial charge in [-0.2, -0.15) is 0 Å². The summed E-state index contributed by atoms with van der Waals surface area (Å²) >= 11 is 0. The molecule has 0 aromatic heterocycles. The van der Waals surface area contributed by atoms with Crippen molar-refractivity contribution in [2.24, 2.45) is 23.7 Å². The van der Waals surface area contributed by atoms with Crippen molar-refractivity contribution in [2.75, 3.05) is 12.4 Å². The van der Waals surface area contributed by atoms with Crippen LogP contribution >= 0.6 is 0 Å². The van der Waals surface area contributed by atoms with Crippen LogP contribution in [0.5, 0.6) is 11.5 Å². The normalized spacial score (nSPS) is 31.7. The average Bonchev–Trinajstić information content (AvgIpc) is 3.46. The molecule has 1 saturated heterocycles. The van der Waals surface area contributed by atoms with Gasteiger partial charge in [0.05, 0.1) is 41.3 Å². The predicted molar refractivity (Wildman–Crippen MR) is 225 cm³/mol. The molecule has 61 heavy (non-hydrogen) atoms. The predicted octanol–water partition coefficient (Wildman–Crippen LogP) is 7.18. The van der Waals surface area contributed by atoms with Gasteiger partial charge in [-0.3, -0.25) is 24.0 Å². The van der Waals surface area contributed by atoms with Gasteiger partial charge in [-0.1, -0.05) is 58.1 Å². The van der Waals surface area contributed by atoms with Crippen LogP contribution in [0.4, 0.5) is 5.69 Å². The summed E-state index contributed by atoms with van der Waals surface area (Å²) in [5.41, 5.74) is -0.358. The topological polar surface area (TPSA) is 185 Å². The van der Waals surface area contributed by atoms with E-state index in [0.717, 1.165) is 5.56 Å². The second-order valence-corrected chi connectivity index (χ2v) is 17.1. The number of phenolic OH excluding ortho intramolecular Hbond substituents is 1. The Morgan fingerprint density at radius 3 is 2.23 bits per heavy atom. The molecule has 2 aromatic rings. The Kier molecular flexibility index (Phi) is 12.6. The van der Waals surface area contributed by atoms with Crippen LogP contribution < -0.4 is 15.4 Å². The number of amides is 1. The number of aryl methyl sites for hydroxylation is 1. The first-order valence-electron chi connectivity index (χ1n) is 20.5. The molecule has 4 heterocycles. The first kappa shape index (κ1) is 45.0. The van der Waals surface area contributed by atoms with E-state index in [1.54, 1.807) is 43.4 Å². The number of ether oxygens (including phenoxy) is 6. The van der Waals surface area contributed by atoms with E-state index in [4.69, 9.17) is 28.4 Å². The molecular weight excluding hydrogens is 785 g/mol. The number of methoxy groups -OCH3 is 1. The van der Waals surface area contributed by atoms with E-state index in [-0.39, 0.29) is 52.0 Å². The number of nitrogens with one attached hydrogen (secondary N) is 2. The van der Waals surface area contributed by atoms with Gasteiger partial charge in [0.15, 0.2) is 5.79 Å². The summed E-state index contributed by atoms with van der Waals surface area (Å²) in [6.45, 7) is 19.1. The lowest BCUT2D eigenvalue weighted by Crippen LogP contribution is -2.56. The summed E-state index contributed by atoms with van der Waals surface area (Å²) in [5.74, 6) is -8.76. The molecule has 9 atom stereocenters. The van der Waals surface area contributed by atoms with Gasteiger partial charge in [0.25, 0.3) is 11.7 Å². The Balaban J connectivity index is 1.51. The zero-order chi connectivity index (χ0) is 44.9. The quantitative estimate of drug-likeness (QED) is 0.264. The van der Waals surface area contributed by atoms with Gasteiger partial charge in [-0.25, -0.2) is 0 Å². The van der Waals surface area contributed by atoms with Crippen LogP contribution in [-0.2, 0) is 33.3 Å². The number of aromatic hydroxyl groups is 1. The van der Waals surface area contributed by atoms with Crippen LogP contribution in [0.3, 0.4) is 0 Å². The number of ketones is 3. The van der Waals surface area contributed by atoms with E-state index in [1.165, 1.54) is 34.1 Å². The molecule has 1 aliphatic carbocycles. The Morgan fingerprint density at radius 2 is 1.57 bits per heavy atom. The highest BCUT2D eigenvalue weighted by atomic mass is 16.7. The standard InChI is InChI=1S/C47H56N2O12/c1-22-15-13-18-30(21-22)48-35-36-39(53)33-32(38(35)52)34-43(26(5)37(33)51)61-47(11,44(34)54)57-20-19-31(56-12)25(4)41(58-29(8)50)28(7)42-27(6)40(59-46(9,10)60-42)23(2)16-14-17-24(3)45(55)49-36/h13-21,23,25,27-28,31,40-42,48,51H,1-12H3,(H,49,55)/b16-14?,20-19-,24-17-/t23-,25+,27+,28+,31-,40-,41+,42-,47-/m0/s1. The average molecular weight is 841 g/mol. The molecule has 4 aliphatic heterocycles. The lowest BCUT2D eigenvalue weighted by molar-refractivity contribution is -0.336. The molecule has 1 amide bonds. The van der Waals surface area contributed by atoms with Crippen molar-refractivity contribution in [3.8, 4) is 11.5 Å². The van der Waals surface area contributed by atoms with Crippen molar-refractivity contribution in [3.05, 3.63) is 99.6 Å². The third-order valence-corrected chi connectivity index (χ3v) is 12.0. The number of anilines is 1. The van der Waals surface area contributed by atoms with E-state index in [1.807, 2.05) is 60.6 Å². The minimum atomic E-state index is -2.06. The summed E-state index contributed by atoms with van der Waals surface area (Å²) in [4.78, 5) is 70.3. The third kappa shape index (κ3) is 8.53. The van der Waals surface area contributed by atoms with Gasteiger partial charge >= 0.3 is 11.8 Å². The summed E-state index contributed by atoms with van der Waals surface area (Å²) in [6.07, 6.45) is 5.77. The highest BCUT2D eigenvalue weighted by molar-refractivity contribution is 6.33. The van der Waals surface area contributed by atoms with Crippen molar-refractivity contribution < 1.29 is 57.5 Å². The molecular formula is C47H56N2O12. The van der Waals surface area contributed by atoms with E-state index in [2.05, 4.69) is 10.6 Å². The number of Topliss-reactive ketones (excluding diaryl/α,β-unsaturated/α-hetero) is 3. The van der Waals surface area contributed by atoms with Crippen molar-refractivity contribution in [3.63, 3.8) is 0 Å². The zero-order valence-electron chi connectivity index (χ0n) is 36.8. The number of benzene rings is 2. The van der Waals surface area contributed by atoms with Crippen LogP contribution in [0, 0.1) is 37.5 Å². The molecule has 14 nitrogen and oxygen atoms in total. The van der Waals surface area contributed by atoms with Gasteiger partial charge in [-0.05, 0) is 58.4 Å². The number of esters is 1. The number of allylic oxidation sites excluding steroid dienone is 4. The van der Waals surface area contributed by atoms with Crippen molar-refractivity contribution in [2.45, 2.75) is 112 Å². The molecule has 7 bridgehead atoms. The van der Waals surface area contributed by atoms with Gasteiger partial charge in [0, 0.05) is 61.5 Å². The number of fused-ring (bicyclic) bond motifs is 10. The molecule has 14 heteroatoms. The largest absolute Gasteiger partial charge is 0.507 e. The number of hydrogen-bond donors (Lipinski definition) is 3. The maximum atomic E-state index is 14.8. The summed E-state index contributed by atoms with van der Waals surface area (Å²) < 4.78 is 37.1. The molecule has 326 valence electrons. The van der Waals surface area contributed by atoms with Crippen LogP contribution in [0.15, 0.2) is 71.8 Å². The minimum Gasteiger partial charge on any atom is -0.507 e. The number of phenols is 1. The smallest absolute Gasteiger partial charge is 0.312 e. The molecule has 0 radical (unpaired) electrons. The Labute approximate surface area is 356 Å². The number of hydrogen-bond acceptors (Lipinski definition) is 13. The third-order valence-electron chi connectivity index (χ3n) is 12.0. The molecule has 0 unspecified atom stereocenters. The van der Waals surface area contributed by atoms with Gasteiger partial charge in [0.2, 0.25) is 11.6 Å². The fourth-order valence-corrected chi connectivity index (χ4v) is 8.76. The number of rotatable bonds is 4. The van der Waals surface area contributed by atoms with Crippen LogP contribution in [-0.4, -0.2) is 77.4 Å². The zero-order valence-corrected chi connectivity index (χ0v) is 36.8. The van der Waals surface area contributed by atoms with Gasteiger partial charge in [0.1, 0.15) is 29.0 Å². The number of carbonyl (C=O) groups excluding carboxylic acids is 5. The van der Waals surface area contributed by atoms with Crippen LogP contribution in [0.25, 0.3) is 0 Å². The highest BCUT2D eigenvalue weighted by Gasteiger charge is 2.53. The maximum Gasteiger partial charge on any atom is 0.312 e. The molecule has 3 N–H and O–H groups in total. The number of carbonyl (C=O) groups is 5. The van der Waals surface area contributed by atoms with E-state index < -0.39 is 87.6 Å². The minimum absolute atomic E-state index is 0.0107. The summed E-state index contributed by atoms with van der Waals surface area (Å²) in [7, 11) is 1.50. The lowest BCUT2D eigenvalue weighted by atomic mass is 9.77. The SMILES string of the molecule is CO[C@H]1/C=C\O[C@@]2(C)Oc3c(C)c(O)c4c(c3C2=O)C(=O)C(Nc2cccc(C)c2)=C(NC(=O)/C(C)=C\C=C[C@H](C)[C@@H]2OC(C)(C)O[C@H]([C@H](C)[C@H](OC(C)=O)[C@@H]1C)[C@@H]2C)C4=O. The second-order valence-electron chi connectivity index (χ2n) is 17.1. The van der Waals surface area contributed by atoms with E-state index in [0.29, 0.717) is 5.69 Å². The Morgan fingerprint density at radius 1 is 0.885 bits per heavy atom. The first-order chi connectivity index (χ1) is 28.6. The lowest BCUT2D eigenvalue weighted by Gasteiger charge is -2.50. The summed E-state index contributed by atoms with van der Waals surface area (Å²) in [6, 6.07) is 7.03. The highest BCUT2D eigenvalue weighted by Crippen LogP contribution is 2.49. The van der Waals surface area contributed by atoms with Crippen molar-refractivity contribution in [1.82, 2.24) is 5.32 Å². The Hall–Kier alpha value is -5.57.